The van der Waals surface area contributed by atoms with Crippen LogP contribution < -0.4 is 11.1 Å². The van der Waals surface area contributed by atoms with Gasteiger partial charge >= 0.3 is 0 Å². The Labute approximate surface area is 89.1 Å². The number of aromatic hydroxyl groups is 1. The van der Waals surface area contributed by atoms with Gasteiger partial charge in [0.2, 0.25) is 0 Å². The molecule has 0 heterocycles. The molecule has 0 saturated carbocycles. The maximum atomic E-state index is 11.0. The molecule has 0 aliphatic heterocycles. The highest BCUT2D eigenvalue weighted by Crippen LogP contribution is 2.22. The number of nitrogens with two attached hydrogens (primary N) is 1. The summed E-state index contributed by atoms with van der Waals surface area (Å²) in [6, 6.07) is 5.04. The molecule has 1 aromatic rings. The standard InChI is InChI=1S/C11H16N2O2/c1-2-13-7-6-8-4-3-5-9(10(8)14)11(12)15/h3-5,13-14H,2,6-7H2,1H3,(H2,12,15). The fourth-order valence-corrected chi connectivity index (χ4v) is 1.39. The van der Waals surface area contributed by atoms with E-state index >= 15 is 0 Å². The number of phenols is 1. The number of rotatable bonds is 5. The van der Waals surface area contributed by atoms with E-state index in [1.807, 2.05) is 6.92 Å². The third kappa shape index (κ3) is 2.95. The summed E-state index contributed by atoms with van der Waals surface area (Å²) in [6.45, 7) is 3.67. The summed E-state index contributed by atoms with van der Waals surface area (Å²) in [5.74, 6) is -0.597. The van der Waals surface area contributed by atoms with Crippen molar-refractivity contribution in [3.8, 4) is 5.75 Å². The predicted molar refractivity (Wildman–Crippen MR) is 58.9 cm³/mol. The molecule has 0 radical (unpaired) electrons. The van der Waals surface area contributed by atoms with E-state index in [-0.39, 0.29) is 11.3 Å². The second-order valence-electron chi connectivity index (χ2n) is 3.28. The summed E-state index contributed by atoms with van der Waals surface area (Å²) >= 11 is 0. The number of hydrogen-bond donors (Lipinski definition) is 3. The van der Waals surface area contributed by atoms with Gasteiger partial charge in [0.1, 0.15) is 5.75 Å². The smallest absolute Gasteiger partial charge is 0.252 e. The maximum Gasteiger partial charge on any atom is 0.252 e. The van der Waals surface area contributed by atoms with Crippen LogP contribution in [0.15, 0.2) is 18.2 Å². The van der Waals surface area contributed by atoms with Crippen molar-refractivity contribution in [2.75, 3.05) is 13.1 Å². The van der Waals surface area contributed by atoms with Crippen molar-refractivity contribution in [1.29, 1.82) is 0 Å². The zero-order valence-electron chi connectivity index (χ0n) is 8.79. The molecule has 1 rings (SSSR count). The average molecular weight is 208 g/mol. The Hall–Kier alpha value is -1.55. The molecule has 4 heteroatoms. The van der Waals surface area contributed by atoms with Crippen molar-refractivity contribution in [2.24, 2.45) is 5.73 Å². The minimum absolute atomic E-state index is 0.00269. The van der Waals surface area contributed by atoms with Gasteiger partial charge in [-0.3, -0.25) is 4.79 Å². The molecule has 0 aromatic heterocycles. The van der Waals surface area contributed by atoms with E-state index in [0.717, 1.165) is 18.7 Å². The Morgan fingerprint density at radius 3 is 2.87 bits per heavy atom. The van der Waals surface area contributed by atoms with Crippen LogP contribution in [0.4, 0.5) is 0 Å². The van der Waals surface area contributed by atoms with Crippen LogP contribution in [0.2, 0.25) is 0 Å². The normalized spacial score (nSPS) is 10.2. The first-order chi connectivity index (χ1) is 7.16. The number of benzene rings is 1. The van der Waals surface area contributed by atoms with Crippen molar-refractivity contribution in [2.45, 2.75) is 13.3 Å². The minimum Gasteiger partial charge on any atom is -0.507 e. The Morgan fingerprint density at radius 2 is 2.27 bits per heavy atom. The van der Waals surface area contributed by atoms with Gasteiger partial charge in [0.25, 0.3) is 5.91 Å². The van der Waals surface area contributed by atoms with E-state index in [4.69, 9.17) is 5.73 Å². The van der Waals surface area contributed by atoms with Gasteiger partial charge in [-0.1, -0.05) is 19.1 Å². The van der Waals surface area contributed by atoms with Crippen LogP contribution in [0.3, 0.4) is 0 Å². The molecule has 0 bridgehead atoms. The van der Waals surface area contributed by atoms with E-state index < -0.39 is 5.91 Å². The summed E-state index contributed by atoms with van der Waals surface area (Å²) in [5, 5.41) is 12.9. The zero-order valence-corrected chi connectivity index (χ0v) is 8.79. The number of primary amides is 1. The Bertz CT molecular complexity index is 350. The number of carbonyl (C=O) groups is 1. The number of amides is 1. The largest absolute Gasteiger partial charge is 0.507 e. The van der Waals surface area contributed by atoms with Gasteiger partial charge in [-0.05, 0) is 31.1 Å². The van der Waals surface area contributed by atoms with E-state index in [1.54, 1.807) is 12.1 Å². The van der Waals surface area contributed by atoms with Crippen LogP contribution in [0.25, 0.3) is 0 Å². The molecule has 0 spiro atoms. The van der Waals surface area contributed by atoms with E-state index in [1.165, 1.54) is 6.07 Å². The van der Waals surface area contributed by atoms with E-state index in [0.29, 0.717) is 6.42 Å². The predicted octanol–water partition coefficient (Wildman–Crippen LogP) is 0.643. The molecular formula is C11H16N2O2. The van der Waals surface area contributed by atoms with Gasteiger partial charge < -0.3 is 16.2 Å². The Kier molecular flexibility index (Phi) is 4.12. The highest BCUT2D eigenvalue weighted by Gasteiger charge is 2.10. The van der Waals surface area contributed by atoms with Crippen molar-refractivity contribution in [3.63, 3.8) is 0 Å². The fourth-order valence-electron chi connectivity index (χ4n) is 1.39. The average Bonchev–Trinajstić information content (AvgIpc) is 2.20. The van der Waals surface area contributed by atoms with E-state index in [9.17, 15) is 9.90 Å². The van der Waals surface area contributed by atoms with Crippen LogP contribution >= 0.6 is 0 Å². The van der Waals surface area contributed by atoms with Crippen molar-refractivity contribution in [3.05, 3.63) is 29.3 Å². The van der Waals surface area contributed by atoms with Crippen LogP contribution in [-0.2, 0) is 6.42 Å². The lowest BCUT2D eigenvalue weighted by atomic mass is 10.1. The monoisotopic (exact) mass is 208 g/mol. The molecule has 0 saturated heterocycles. The van der Waals surface area contributed by atoms with Gasteiger partial charge in [0.05, 0.1) is 5.56 Å². The van der Waals surface area contributed by atoms with Crippen LogP contribution in [0, 0.1) is 0 Å². The van der Waals surface area contributed by atoms with Gasteiger partial charge in [-0.15, -0.1) is 0 Å². The quantitative estimate of drug-likeness (QED) is 0.622. The minimum atomic E-state index is -0.599. The summed E-state index contributed by atoms with van der Waals surface area (Å²) in [5.41, 5.74) is 6.05. The van der Waals surface area contributed by atoms with Crippen LogP contribution in [0.1, 0.15) is 22.8 Å². The molecule has 1 amide bonds. The molecular weight excluding hydrogens is 192 g/mol. The number of nitrogens with one attached hydrogen (secondary N) is 1. The molecule has 1 aromatic carbocycles. The van der Waals surface area contributed by atoms with Crippen molar-refractivity contribution in [1.82, 2.24) is 5.32 Å². The van der Waals surface area contributed by atoms with Crippen molar-refractivity contribution >= 4 is 5.91 Å². The molecule has 0 aliphatic carbocycles. The summed E-state index contributed by atoms with van der Waals surface area (Å²) in [4.78, 5) is 11.0. The summed E-state index contributed by atoms with van der Waals surface area (Å²) in [6.07, 6.45) is 0.681. The number of hydrogen-bond acceptors (Lipinski definition) is 3. The molecule has 0 aliphatic rings. The van der Waals surface area contributed by atoms with Gasteiger partial charge in [0, 0.05) is 0 Å². The molecule has 0 unspecified atom stereocenters. The fraction of sp³-hybridized carbons (Fsp3) is 0.364. The van der Waals surface area contributed by atoms with Crippen molar-refractivity contribution < 1.29 is 9.90 Å². The first-order valence-corrected chi connectivity index (χ1v) is 4.98. The lowest BCUT2D eigenvalue weighted by Crippen LogP contribution is -2.17. The summed E-state index contributed by atoms with van der Waals surface area (Å²) < 4.78 is 0. The Morgan fingerprint density at radius 1 is 1.53 bits per heavy atom. The van der Waals surface area contributed by atoms with Gasteiger partial charge in [-0.2, -0.15) is 0 Å². The third-order valence-electron chi connectivity index (χ3n) is 2.21. The second kappa shape index (κ2) is 5.36. The van der Waals surface area contributed by atoms with E-state index in [2.05, 4.69) is 5.32 Å². The first-order valence-electron chi connectivity index (χ1n) is 4.98. The number of para-hydroxylation sites is 1. The number of carbonyl (C=O) groups excluding carboxylic acids is 1. The summed E-state index contributed by atoms with van der Waals surface area (Å²) in [7, 11) is 0. The van der Waals surface area contributed by atoms with Crippen LogP contribution in [0.5, 0.6) is 5.75 Å². The topological polar surface area (TPSA) is 75.3 Å². The molecule has 4 N–H and O–H groups in total. The Balaban J connectivity index is 2.80. The number of likely N-dealkylation sites (N-methyl/N-ethyl adjacent to an activating group) is 1. The lowest BCUT2D eigenvalue weighted by molar-refractivity contribution is 0.0997. The highest BCUT2D eigenvalue weighted by molar-refractivity contribution is 5.95. The molecule has 4 nitrogen and oxygen atoms in total. The third-order valence-corrected chi connectivity index (χ3v) is 2.21. The van der Waals surface area contributed by atoms with Crippen LogP contribution in [-0.4, -0.2) is 24.1 Å². The first kappa shape index (κ1) is 11.5. The second-order valence-corrected chi connectivity index (χ2v) is 3.28. The van der Waals surface area contributed by atoms with Gasteiger partial charge in [0.15, 0.2) is 0 Å². The molecule has 0 fully saturated rings. The zero-order chi connectivity index (χ0) is 11.3. The molecule has 15 heavy (non-hydrogen) atoms. The molecule has 0 atom stereocenters. The lowest BCUT2D eigenvalue weighted by Gasteiger charge is -2.07. The maximum absolute atomic E-state index is 11.0. The molecule has 82 valence electrons. The SMILES string of the molecule is CCNCCc1cccc(C(N)=O)c1O. The van der Waals surface area contributed by atoms with Gasteiger partial charge in [-0.25, -0.2) is 0 Å². The highest BCUT2D eigenvalue weighted by atomic mass is 16.3.